The lowest BCUT2D eigenvalue weighted by Gasteiger charge is -2.40. The minimum atomic E-state index is -1.56. The molecule has 0 aliphatic carbocycles. The molecule has 0 bridgehead atoms. The predicted octanol–water partition coefficient (Wildman–Crippen LogP) is 9.67. The van der Waals surface area contributed by atoms with Gasteiger partial charge in [0.05, 0.1) is 25.4 Å². The molecule has 0 aromatic carbocycles. The molecule has 1 amide bonds. The monoisotopic (exact) mass is 794 g/mol. The van der Waals surface area contributed by atoms with E-state index in [0.29, 0.717) is 6.42 Å². The van der Waals surface area contributed by atoms with Crippen molar-refractivity contribution in [3.63, 3.8) is 0 Å². The van der Waals surface area contributed by atoms with E-state index in [-0.39, 0.29) is 12.5 Å². The van der Waals surface area contributed by atoms with Gasteiger partial charge in [-0.1, -0.05) is 179 Å². The highest BCUT2D eigenvalue weighted by molar-refractivity contribution is 5.76. The van der Waals surface area contributed by atoms with E-state index in [4.69, 9.17) is 9.47 Å². The second-order valence-electron chi connectivity index (χ2n) is 16.2. The first-order valence-electron chi connectivity index (χ1n) is 23.2. The number of allylic oxidation sites excluding steroid dienone is 5. The van der Waals surface area contributed by atoms with Crippen molar-refractivity contribution in [2.24, 2.45) is 0 Å². The molecule has 7 unspecified atom stereocenters. The maximum Gasteiger partial charge on any atom is 0.220 e. The van der Waals surface area contributed by atoms with Crippen molar-refractivity contribution in [2.75, 3.05) is 13.2 Å². The van der Waals surface area contributed by atoms with Crippen LogP contribution in [0.25, 0.3) is 0 Å². The number of carbonyl (C=O) groups is 1. The highest BCUT2D eigenvalue weighted by atomic mass is 16.7. The molecule has 9 heteroatoms. The number of ether oxygens (including phenoxy) is 2. The van der Waals surface area contributed by atoms with Gasteiger partial charge in [-0.15, -0.1) is 0 Å². The molecule has 1 saturated heterocycles. The third kappa shape index (κ3) is 27.9. The first-order valence-corrected chi connectivity index (χ1v) is 23.2. The van der Waals surface area contributed by atoms with Crippen LogP contribution in [0.3, 0.4) is 0 Å². The zero-order valence-corrected chi connectivity index (χ0v) is 35.9. The highest BCUT2D eigenvalue weighted by Gasteiger charge is 2.44. The molecular weight excluding hydrogens is 707 g/mol. The minimum Gasteiger partial charge on any atom is -0.394 e. The number of carbonyl (C=O) groups excluding carboxylic acids is 1. The number of rotatable bonds is 38. The van der Waals surface area contributed by atoms with Gasteiger partial charge >= 0.3 is 0 Å². The van der Waals surface area contributed by atoms with Crippen LogP contribution in [0.4, 0.5) is 0 Å². The van der Waals surface area contributed by atoms with Crippen molar-refractivity contribution >= 4 is 5.91 Å². The van der Waals surface area contributed by atoms with Crippen LogP contribution < -0.4 is 5.32 Å². The Morgan fingerprint density at radius 1 is 0.607 bits per heavy atom. The summed E-state index contributed by atoms with van der Waals surface area (Å²) in [4.78, 5) is 12.9. The summed E-state index contributed by atoms with van der Waals surface area (Å²) < 4.78 is 11.2. The number of unbranched alkanes of at least 4 members (excludes halogenated alkanes) is 24. The number of nitrogens with one attached hydrogen (secondary N) is 1. The third-order valence-electron chi connectivity index (χ3n) is 11.0. The summed E-state index contributed by atoms with van der Waals surface area (Å²) in [6.07, 6.45) is 39.3. The van der Waals surface area contributed by atoms with Crippen LogP contribution in [-0.2, 0) is 14.3 Å². The van der Waals surface area contributed by atoms with Gasteiger partial charge < -0.3 is 40.3 Å². The fraction of sp³-hybridized carbons (Fsp3) is 0.851. The number of aliphatic hydroxyl groups is 5. The predicted molar refractivity (Wildman–Crippen MR) is 230 cm³/mol. The summed E-state index contributed by atoms with van der Waals surface area (Å²) in [5.41, 5.74) is 0. The number of hydrogen-bond donors (Lipinski definition) is 6. The van der Waals surface area contributed by atoms with Crippen LogP contribution in [0.2, 0.25) is 0 Å². The van der Waals surface area contributed by atoms with E-state index in [2.05, 4.69) is 43.5 Å². The van der Waals surface area contributed by atoms with Crippen LogP contribution in [0, 0.1) is 0 Å². The molecule has 0 radical (unpaired) electrons. The lowest BCUT2D eigenvalue weighted by atomic mass is 9.99. The molecule has 1 fully saturated rings. The van der Waals surface area contributed by atoms with Gasteiger partial charge in [0.2, 0.25) is 5.91 Å². The average molecular weight is 794 g/mol. The van der Waals surface area contributed by atoms with Gasteiger partial charge in [-0.05, 0) is 51.4 Å². The van der Waals surface area contributed by atoms with E-state index in [1.165, 1.54) is 135 Å². The maximum absolute atomic E-state index is 12.9. The van der Waals surface area contributed by atoms with E-state index in [1.54, 1.807) is 6.08 Å². The van der Waals surface area contributed by atoms with E-state index >= 15 is 0 Å². The van der Waals surface area contributed by atoms with Crippen LogP contribution in [0.1, 0.15) is 200 Å². The topological polar surface area (TPSA) is 149 Å². The second-order valence-corrected chi connectivity index (χ2v) is 16.2. The standard InChI is InChI=1S/C47H87NO8/c1-3-5-7-9-11-13-14-15-16-17-18-19-20-21-22-23-24-25-26-27-28-29-31-33-35-37-43(51)48-40(41(50)36-34-32-30-12-10-8-6-4-2)39-55-47-46(54)45(53)44(52)42(38-49)56-47/h14-15,17-18,34,36,40-42,44-47,49-50,52-54H,3-13,16,19-33,35,37-39H2,1-2H3,(H,48,51)/b15-14-,18-17-,36-34+. The summed E-state index contributed by atoms with van der Waals surface area (Å²) >= 11 is 0. The Morgan fingerprint density at radius 2 is 1.05 bits per heavy atom. The Hall–Kier alpha value is -1.59. The summed E-state index contributed by atoms with van der Waals surface area (Å²) in [6.45, 7) is 3.71. The van der Waals surface area contributed by atoms with Crippen LogP contribution in [0.5, 0.6) is 0 Å². The van der Waals surface area contributed by atoms with E-state index < -0.39 is 49.5 Å². The van der Waals surface area contributed by atoms with Gasteiger partial charge in [-0.3, -0.25) is 4.79 Å². The number of amides is 1. The van der Waals surface area contributed by atoms with Crippen molar-refractivity contribution < 1.29 is 39.8 Å². The summed E-state index contributed by atoms with van der Waals surface area (Å²) in [5, 5.41) is 53.9. The van der Waals surface area contributed by atoms with E-state index in [1.807, 2.05) is 6.08 Å². The van der Waals surface area contributed by atoms with Gasteiger partial charge in [-0.25, -0.2) is 0 Å². The second kappa shape index (κ2) is 37.7. The number of aliphatic hydroxyl groups excluding tert-OH is 5. The Morgan fingerprint density at radius 3 is 1.54 bits per heavy atom. The molecule has 1 rings (SSSR count). The third-order valence-corrected chi connectivity index (χ3v) is 11.0. The summed E-state index contributed by atoms with van der Waals surface area (Å²) in [7, 11) is 0. The fourth-order valence-corrected chi connectivity index (χ4v) is 7.19. The maximum atomic E-state index is 12.9. The molecule has 1 aliphatic rings. The molecule has 0 saturated carbocycles. The lowest BCUT2D eigenvalue weighted by Crippen LogP contribution is -2.60. The largest absolute Gasteiger partial charge is 0.394 e. The Kier molecular flexibility index (Phi) is 35.3. The molecule has 0 aromatic rings. The number of hydrogen-bond acceptors (Lipinski definition) is 8. The van der Waals surface area contributed by atoms with Crippen LogP contribution in [-0.4, -0.2) is 87.5 Å². The zero-order valence-electron chi connectivity index (χ0n) is 35.9. The molecule has 0 spiro atoms. The zero-order chi connectivity index (χ0) is 40.9. The van der Waals surface area contributed by atoms with Crippen LogP contribution in [0.15, 0.2) is 36.5 Å². The summed E-state index contributed by atoms with van der Waals surface area (Å²) in [5.74, 6) is -0.182. The van der Waals surface area contributed by atoms with Crippen molar-refractivity contribution in [1.82, 2.24) is 5.32 Å². The molecule has 328 valence electrons. The van der Waals surface area contributed by atoms with Crippen molar-refractivity contribution in [3.05, 3.63) is 36.5 Å². The first-order chi connectivity index (χ1) is 27.3. The Balaban J connectivity index is 2.20. The van der Waals surface area contributed by atoms with Gasteiger partial charge in [0.15, 0.2) is 6.29 Å². The van der Waals surface area contributed by atoms with E-state index in [9.17, 15) is 30.3 Å². The molecule has 7 atom stereocenters. The molecular formula is C47H87NO8. The normalized spacial score (nSPS) is 21.4. The summed E-state index contributed by atoms with van der Waals surface area (Å²) in [6, 6.07) is -0.801. The van der Waals surface area contributed by atoms with Crippen molar-refractivity contribution in [3.8, 4) is 0 Å². The average Bonchev–Trinajstić information content (AvgIpc) is 3.20. The SMILES string of the molecule is CCCCCCC/C=C\C/C=C\CCCCCCCCCCCCCCCC(=O)NC(COC1OC(CO)C(O)C(O)C1O)C(O)/C=C/CCCCCCCC. The van der Waals surface area contributed by atoms with Crippen molar-refractivity contribution in [2.45, 2.75) is 243 Å². The quantitative estimate of drug-likeness (QED) is 0.0268. The van der Waals surface area contributed by atoms with Crippen molar-refractivity contribution in [1.29, 1.82) is 0 Å². The van der Waals surface area contributed by atoms with Gasteiger partial charge in [0, 0.05) is 6.42 Å². The van der Waals surface area contributed by atoms with Gasteiger partial charge in [0.25, 0.3) is 0 Å². The Bertz CT molecular complexity index is 972. The van der Waals surface area contributed by atoms with E-state index in [0.717, 1.165) is 44.9 Å². The smallest absolute Gasteiger partial charge is 0.220 e. The van der Waals surface area contributed by atoms with Gasteiger partial charge in [-0.2, -0.15) is 0 Å². The minimum absolute atomic E-state index is 0.182. The molecule has 0 aromatic heterocycles. The van der Waals surface area contributed by atoms with Crippen LogP contribution >= 0.6 is 0 Å². The molecule has 1 heterocycles. The molecule has 1 aliphatic heterocycles. The first kappa shape index (κ1) is 52.4. The molecule has 56 heavy (non-hydrogen) atoms. The Labute approximate surface area is 342 Å². The highest BCUT2D eigenvalue weighted by Crippen LogP contribution is 2.22. The fourth-order valence-electron chi connectivity index (χ4n) is 7.19. The lowest BCUT2D eigenvalue weighted by molar-refractivity contribution is -0.302. The molecule has 6 N–H and O–H groups in total. The van der Waals surface area contributed by atoms with Gasteiger partial charge in [0.1, 0.15) is 24.4 Å². The molecule has 9 nitrogen and oxygen atoms in total.